The normalized spacial score (nSPS) is 10.7. The van der Waals surface area contributed by atoms with Crippen molar-refractivity contribution in [3.8, 4) is 17.2 Å². The van der Waals surface area contributed by atoms with Crippen molar-refractivity contribution in [1.82, 2.24) is 0 Å². The third kappa shape index (κ3) is 5.04. The second-order valence-corrected chi connectivity index (χ2v) is 4.86. The molecule has 122 valence electrons. The quantitative estimate of drug-likeness (QED) is 0.807. The van der Waals surface area contributed by atoms with Crippen molar-refractivity contribution < 1.29 is 19.3 Å². The molecule has 0 saturated heterocycles. The van der Waals surface area contributed by atoms with Gasteiger partial charge in [-0.15, -0.1) is 0 Å². The smallest absolute Gasteiger partial charge is 0.162 e. The van der Waals surface area contributed by atoms with Gasteiger partial charge in [-0.25, -0.2) is 0 Å². The Labute approximate surface area is 136 Å². The molecule has 1 N–H and O–H groups in total. The van der Waals surface area contributed by atoms with Crippen molar-refractivity contribution in [2.24, 2.45) is 0 Å². The summed E-state index contributed by atoms with van der Waals surface area (Å²) in [6.45, 7) is 3.06. The Hall–Kier alpha value is -2.46. The number of benzene rings is 2. The lowest BCUT2D eigenvalue weighted by Crippen LogP contribution is -1.98. The van der Waals surface area contributed by atoms with Gasteiger partial charge in [0.25, 0.3) is 0 Å². The molecule has 0 bridgehead atoms. The van der Waals surface area contributed by atoms with Gasteiger partial charge in [0.1, 0.15) is 12.4 Å². The predicted molar refractivity (Wildman–Crippen MR) is 91.1 cm³/mol. The molecule has 0 atom stereocenters. The first kappa shape index (κ1) is 16.9. The van der Waals surface area contributed by atoms with Crippen LogP contribution in [0.4, 0.5) is 0 Å². The van der Waals surface area contributed by atoms with Crippen LogP contribution < -0.4 is 14.2 Å². The fourth-order valence-electron chi connectivity index (χ4n) is 2.11. The summed E-state index contributed by atoms with van der Waals surface area (Å²) in [5.41, 5.74) is 1.99. The van der Waals surface area contributed by atoms with Gasteiger partial charge in [0.15, 0.2) is 11.5 Å². The van der Waals surface area contributed by atoms with Gasteiger partial charge in [-0.3, -0.25) is 0 Å². The number of ether oxygens (including phenoxy) is 3. The van der Waals surface area contributed by atoms with Gasteiger partial charge < -0.3 is 19.3 Å². The highest BCUT2D eigenvalue weighted by Gasteiger charge is 2.05. The molecule has 0 radical (unpaired) electrons. The summed E-state index contributed by atoms with van der Waals surface area (Å²) in [5.74, 6) is 2.20. The van der Waals surface area contributed by atoms with E-state index in [0.29, 0.717) is 24.7 Å². The van der Waals surface area contributed by atoms with Gasteiger partial charge in [-0.2, -0.15) is 0 Å². The molecule has 0 spiro atoms. The topological polar surface area (TPSA) is 47.9 Å². The van der Waals surface area contributed by atoms with E-state index in [2.05, 4.69) is 0 Å². The third-order valence-corrected chi connectivity index (χ3v) is 3.23. The van der Waals surface area contributed by atoms with E-state index in [1.165, 1.54) is 0 Å². The summed E-state index contributed by atoms with van der Waals surface area (Å²) in [6.07, 6.45) is 3.52. The molecule has 0 fully saturated rings. The van der Waals surface area contributed by atoms with E-state index in [9.17, 15) is 0 Å². The summed E-state index contributed by atoms with van der Waals surface area (Å²) in [4.78, 5) is 0. The molecule has 2 aromatic carbocycles. The maximum absolute atomic E-state index is 8.86. The Kier molecular flexibility index (Phi) is 6.51. The standard InChI is InChI=1S/C19H22O4/c1-3-22-17-9-6-16(7-10-17)14-23-19-13-15(5-4-12-20)8-11-18(19)21-2/h4-11,13,20H,3,12,14H2,1-2H3/b5-4+. The van der Waals surface area contributed by atoms with Crippen molar-refractivity contribution in [2.45, 2.75) is 13.5 Å². The van der Waals surface area contributed by atoms with Crippen LogP contribution in [0.2, 0.25) is 0 Å². The van der Waals surface area contributed by atoms with E-state index in [1.807, 2.05) is 55.5 Å². The van der Waals surface area contributed by atoms with Crippen LogP contribution in [0.5, 0.6) is 17.2 Å². The zero-order valence-electron chi connectivity index (χ0n) is 13.5. The average Bonchev–Trinajstić information content (AvgIpc) is 2.59. The van der Waals surface area contributed by atoms with Gasteiger partial charge in [0.2, 0.25) is 0 Å². The molecule has 0 aliphatic carbocycles. The number of aliphatic hydroxyl groups is 1. The van der Waals surface area contributed by atoms with Gasteiger partial charge in [-0.1, -0.05) is 30.4 Å². The molecule has 0 aliphatic heterocycles. The number of methoxy groups -OCH3 is 1. The molecule has 4 heteroatoms. The van der Waals surface area contributed by atoms with Crippen LogP contribution in [0.25, 0.3) is 6.08 Å². The van der Waals surface area contributed by atoms with E-state index in [1.54, 1.807) is 13.2 Å². The number of aliphatic hydroxyl groups excluding tert-OH is 1. The minimum Gasteiger partial charge on any atom is -0.494 e. The Morgan fingerprint density at radius 3 is 2.43 bits per heavy atom. The summed E-state index contributed by atoms with van der Waals surface area (Å²) in [5, 5.41) is 8.86. The van der Waals surface area contributed by atoms with E-state index in [4.69, 9.17) is 19.3 Å². The van der Waals surface area contributed by atoms with Gasteiger partial charge in [0.05, 0.1) is 20.3 Å². The number of hydrogen-bond acceptors (Lipinski definition) is 4. The lowest BCUT2D eigenvalue weighted by atomic mass is 10.2. The lowest BCUT2D eigenvalue weighted by Gasteiger charge is -2.12. The van der Waals surface area contributed by atoms with E-state index in [-0.39, 0.29) is 6.61 Å². The largest absolute Gasteiger partial charge is 0.494 e. The fourth-order valence-corrected chi connectivity index (χ4v) is 2.11. The average molecular weight is 314 g/mol. The highest BCUT2D eigenvalue weighted by molar-refractivity contribution is 5.56. The zero-order valence-corrected chi connectivity index (χ0v) is 13.5. The highest BCUT2D eigenvalue weighted by atomic mass is 16.5. The van der Waals surface area contributed by atoms with Gasteiger partial charge in [0, 0.05) is 0 Å². The van der Waals surface area contributed by atoms with Crippen molar-refractivity contribution in [2.75, 3.05) is 20.3 Å². The Morgan fingerprint density at radius 1 is 1.00 bits per heavy atom. The van der Waals surface area contributed by atoms with Crippen LogP contribution in [0.1, 0.15) is 18.1 Å². The molecule has 0 aliphatic rings. The van der Waals surface area contributed by atoms with Crippen LogP contribution in [-0.4, -0.2) is 25.4 Å². The van der Waals surface area contributed by atoms with Crippen LogP contribution in [0, 0.1) is 0 Å². The summed E-state index contributed by atoms with van der Waals surface area (Å²) in [6, 6.07) is 13.5. The van der Waals surface area contributed by atoms with Crippen molar-refractivity contribution in [3.63, 3.8) is 0 Å². The predicted octanol–water partition coefficient (Wildman–Crippen LogP) is 3.68. The maximum Gasteiger partial charge on any atom is 0.162 e. The number of rotatable bonds is 8. The Morgan fingerprint density at radius 2 is 1.78 bits per heavy atom. The first-order valence-corrected chi connectivity index (χ1v) is 7.56. The molecule has 0 amide bonds. The van der Waals surface area contributed by atoms with Crippen LogP contribution in [0.3, 0.4) is 0 Å². The second kappa shape index (κ2) is 8.86. The fraction of sp³-hybridized carbons (Fsp3) is 0.263. The van der Waals surface area contributed by atoms with Gasteiger partial charge in [-0.05, 0) is 42.3 Å². The molecule has 0 heterocycles. The Balaban J connectivity index is 2.07. The monoisotopic (exact) mass is 314 g/mol. The molecular formula is C19H22O4. The number of hydrogen-bond donors (Lipinski definition) is 1. The van der Waals surface area contributed by atoms with Crippen LogP contribution in [-0.2, 0) is 6.61 Å². The first-order chi connectivity index (χ1) is 11.3. The van der Waals surface area contributed by atoms with Crippen molar-refractivity contribution in [3.05, 3.63) is 59.7 Å². The maximum atomic E-state index is 8.86. The molecule has 23 heavy (non-hydrogen) atoms. The SMILES string of the molecule is CCOc1ccc(COc2cc(/C=C/CO)ccc2OC)cc1. The van der Waals surface area contributed by atoms with E-state index in [0.717, 1.165) is 16.9 Å². The second-order valence-electron chi connectivity index (χ2n) is 4.86. The van der Waals surface area contributed by atoms with Crippen LogP contribution in [0.15, 0.2) is 48.5 Å². The minimum absolute atomic E-state index is 0.00833. The minimum atomic E-state index is 0.00833. The Bertz CT molecular complexity index is 632. The van der Waals surface area contributed by atoms with E-state index < -0.39 is 0 Å². The summed E-state index contributed by atoms with van der Waals surface area (Å²) in [7, 11) is 1.61. The van der Waals surface area contributed by atoms with Crippen molar-refractivity contribution >= 4 is 6.08 Å². The molecule has 4 nitrogen and oxygen atoms in total. The zero-order chi connectivity index (χ0) is 16.5. The lowest BCUT2D eigenvalue weighted by molar-refractivity contribution is 0.284. The molecule has 0 aromatic heterocycles. The first-order valence-electron chi connectivity index (χ1n) is 7.56. The van der Waals surface area contributed by atoms with Crippen LogP contribution >= 0.6 is 0 Å². The third-order valence-electron chi connectivity index (χ3n) is 3.23. The molecule has 2 rings (SSSR count). The molecular weight excluding hydrogens is 292 g/mol. The van der Waals surface area contributed by atoms with Gasteiger partial charge >= 0.3 is 0 Å². The molecule has 0 saturated carbocycles. The summed E-state index contributed by atoms with van der Waals surface area (Å²) >= 11 is 0. The van der Waals surface area contributed by atoms with Crippen molar-refractivity contribution in [1.29, 1.82) is 0 Å². The summed E-state index contributed by atoms with van der Waals surface area (Å²) < 4.78 is 16.6. The van der Waals surface area contributed by atoms with E-state index >= 15 is 0 Å². The highest BCUT2D eigenvalue weighted by Crippen LogP contribution is 2.29. The molecule has 0 unspecified atom stereocenters. The molecule has 2 aromatic rings.